The van der Waals surface area contributed by atoms with Crippen molar-refractivity contribution in [3.63, 3.8) is 0 Å². The molecular weight excluding hydrogens is 268 g/mol. The maximum Gasteiger partial charge on any atom is 0.0431 e. The van der Waals surface area contributed by atoms with E-state index in [0.717, 1.165) is 5.92 Å². The highest BCUT2D eigenvalue weighted by atomic mass is 15.2. The van der Waals surface area contributed by atoms with Crippen LogP contribution in [0.1, 0.15) is 51.2 Å². The van der Waals surface area contributed by atoms with Crippen molar-refractivity contribution in [2.24, 2.45) is 11.3 Å². The van der Waals surface area contributed by atoms with Crippen molar-refractivity contribution < 1.29 is 0 Å². The van der Waals surface area contributed by atoms with E-state index in [1.807, 2.05) is 0 Å². The minimum absolute atomic E-state index is 0.340. The van der Waals surface area contributed by atoms with Gasteiger partial charge < -0.3 is 9.80 Å². The molecule has 4 rings (SSSR count). The highest BCUT2D eigenvalue weighted by Gasteiger charge is 2.52. The minimum atomic E-state index is 0.340. The normalized spacial score (nSPS) is 34.1. The van der Waals surface area contributed by atoms with Crippen molar-refractivity contribution in [2.75, 3.05) is 30.4 Å². The third-order valence-corrected chi connectivity index (χ3v) is 6.60. The van der Waals surface area contributed by atoms with Crippen LogP contribution in [0.5, 0.6) is 0 Å². The number of nitrogens with zero attached hydrogens (tertiary/aromatic N) is 2. The fourth-order valence-corrected chi connectivity index (χ4v) is 4.81. The number of fused-ring (bicyclic) bond motifs is 3. The molecule has 0 N–H and O–H groups in total. The van der Waals surface area contributed by atoms with E-state index in [-0.39, 0.29) is 0 Å². The van der Waals surface area contributed by atoms with Gasteiger partial charge in [-0.25, -0.2) is 0 Å². The molecule has 1 aliphatic carbocycles. The Morgan fingerprint density at radius 2 is 1.68 bits per heavy atom. The Bertz CT molecular complexity index is 568. The van der Waals surface area contributed by atoms with Gasteiger partial charge in [0.1, 0.15) is 0 Å². The van der Waals surface area contributed by atoms with E-state index in [9.17, 15) is 0 Å². The van der Waals surface area contributed by atoms with E-state index >= 15 is 0 Å². The first-order valence-corrected chi connectivity index (χ1v) is 8.72. The molecule has 2 heterocycles. The lowest BCUT2D eigenvalue weighted by molar-refractivity contribution is 0.0313. The van der Waals surface area contributed by atoms with Crippen LogP contribution in [0.15, 0.2) is 12.1 Å². The van der Waals surface area contributed by atoms with Crippen molar-refractivity contribution in [2.45, 2.75) is 59.4 Å². The van der Waals surface area contributed by atoms with Crippen LogP contribution in [0.4, 0.5) is 11.4 Å². The SMILES string of the molecule is Cc1cc(N(C)C)cc(C)c1N1C[C@@]2(C)CC[C@]1(C)CC2C. The number of rotatable bonds is 2. The zero-order valence-corrected chi connectivity index (χ0v) is 15.5. The van der Waals surface area contributed by atoms with Crippen molar-refractivity contribution >= 4 is 11.4 Å². The van der Waals surface area contributed by atoms with Gasteiger partial charge in [0.15, 0.2) is 0 Å². The highest BCUT2D eigenvalue weighted by Crippen LogP contribution is 2.55. The summed E-state index contributed by atoms with van der Waals surface area (Å²) < 4.78 is 0. The number of hydrogen-bond acceptors (Lipinski definition) is 2. The predicted molar refractivity (Wildman–Crippen MR) is 97.1 cm³/mol. The first-order valence-electron chi connectivity index (χ1n) is 8.72. The third-order valence-electron chi connectivity index (χ3n) is 6.60. The molecule has 1 aromatic rings. The van der Waals surface area contributed by atoms with Gasteiger partial charge in [-0.05, 0) is 74.6 Å². The maximum atomic E-state index is 2.75. The minimum Gasteiger partial charge on any atom is -0.378 e. The lowest BCUT2D eigenvalue weighted by Gasteiger charge is -2.62. The Hall–Kier alpha value is -1.18. The van der Waals surface area contributed by atoms with Crippen LogP contribution in [-0.4, -0.2) is 26.2 Å². The summed E-state index contributed by atoms with van der Waals surface area (Å²) in [7, 11) is 4.25. The van der Waals surface area contributed by atoms with Crippen LogP contribution >= 0.6 is 0 Å². The van der Waals surface area contributed by atoms with Gasteiger partial charge in [0.25, 0.3) is 0 Å². The van der Waals surface area contributed by atoms with Gasteiger partial charge >= 0.3 is 0 Å². The molecule has 1 unspecified atom stereocenters. The second kappa shape index (κ2) is 4.91. The van der Waals surface area contributed by atoms with Gasteiger partial charge in [-0.3, -0.25) is 0 Å². The molecule has 0 spiro atoms. The van der Waals surface area contributed by atoms with Crippen LogP contribution in [-0.2, 0) is 0 Å². The zero-order valence-electron chi connectivity index (χ0n) is 15.5. The van der Waals surface area contributed by atoms with E-state index in [1.165, 1.54) is 48.3 Å². The number of anilines is 2. The zero-order chi connectivity index (χ0) is 16.3. The molecular formula is C20H32N2. The summed E-state index contributed by atoms with van der Waals surface area (Å²) in [6.45, 7) is 13.2. The average molecular weight is 300 g/mol. The Morgan fingerprint density at radius 1 is 1.09 bits per heavy atom. The Kier molecular flexibility index (Phi) is 3.50. The molecule has 2 nitrogen and oxygen atoms in total. The standard InChI is InChI=1S/C20H32N2/c1-14-10-17(21(6)7)11-15(2)18(14)22-13-19(4)8-9-20(22,5)12-16(19)3/h10-11,16H,8-9,12-13H2,1-7H3/t16?,19-,20-/m1/s1. The number of piperidine rings is 2. The summed E-state index contributed by atoms with van der Waals surface area (Å²) in [5, 5.41) is 0. The molecule has 2 bridgehead atoms. The molecule has 2 saturated heterocycles. The number of hydrogen-bond donors (Lipinski definition) is 0. The van der Waals surface area contributed by atoms with Crippen molar-refractivity contribution in [3.8, 4) is 0 Å². The lowest BCUT2D eigenvalue weighted by Crippen LogP contribution is -2.63. The van der Waals surface area contributed by atoms with Crippen LogP contribution < -0.4 is 9.80 Å². The molecule has 0 radical (unpaired) electrons. The van der Waals surface area contributed by atoms with Gasteiger partial charge in [-0.1, -0.05) is 13.8 Å². The van der Waals surface area contributed by atoms with Crippen LogP contribution in [0.2, 0.25) is 0 Å². The Morgan fingerprint density at radius 3 is 2.18 bits per heavy atom. The maximum absolute atomic E-state index is 2.75. The van der Waals surface area contributed by atoms with Gasteiger partial charge in [0.05, 0.1) is 0 Å². The Labute approximate surface area is 136 Å². The molecule has 22 heavy (non-hydrogen) atoms. The second-order valence-corrected chi connectivity index (χ2v) is 8.66. The van der Waals surface area contributed by atoms with E-state index in [1.54, 1.807) is 0 Å². The van der Waals surface area contributed by atoms with Crippen LogP contribution in [0.25, 0.3) is 0 Å². The van der Waals surface area contributed by atoms with Gasteiger partial charge in [0.2, 0.25) is 0 Å². The molecule has 2 heteroatoms. The molecule has 3 atom stereocenters. The lowest BCUT2D eigenvalue weighted by atomic mass is 9.57. The van der Waals surface area contributed by atoms with Gasteiger partial charge in [0, 0.05) is 37.6 Å². The van der Waals surface area contributed by atoms with E-state index < -0.39 is 0 Å². The van der Waals surface area contributed by atoms with E-state index in [0.29, 0.717) is 11.0 Å². The number of benzene rings is 1. The van der Waals surface area contributed by atoms with Crippen LogP contribution in [0.3, 0.4) is 0 Å². The summed E-state index contributed by atoms with van der Waals surface area (Å²) >= 11 is 0. The predicted octanol–water partition coefficient (Wildman–Crippen LogP) is 4.77. The molecule has 3 aliphatic rings. The first kappa shape index (κ1) is 15.7. The Balaban J connectivity index is 2.05. The molecule has 1 aromatic carbocycles. The van der Waals surface area contributed by atoms with Crippen LogP contribution in [0, 0.1) is 25.2 Å². The fourth-order valence-electron chi connectivity index (χ4n) is 4.81. The van der Waals surface area contributed by atoms with Gasteiger partial charge in [-0.15, -0.1) is 0 Å². The van der Waals surface area contributed by atoms with Crippen molar-refractivity contribution in [3.05, 3.63) is 23.3 Å². The quantitative estimate of drug-likeness (QED) is 0.776. The summed E-state index contributed by atoms with van der Waals surface area (Å²) in [6, 6.07) is 4.69. The third kappa shape index (κ3) is 2.23. The first-order chi connectivity index (χ1) is 10.2. The topological polar surface area (TPSA) is 6.48 Å². The molecule has 122 valence electrons. The monoisotopic (exact) mass is 300 g/mol. The molecule has 0 aromatic heterocycles. The molecule has 0 amide bonds. The molecule has 2 aliphatic heterocycles. The summed E-state index contributed by atoms with van der Waals surface area (Å²) in [5.41, 5.74) is 6.47. The largest absolute Gasteiger partial charge is 0.378 e. The number of aryl methyl sites for hydroxylation is 2. The average Bonchev–Trinajstić information content (AvgIpc) is 2.40. The van der Waals surface area contributed by atoms with Gasteiger partial charge in [-0.2, -0.15) is 0 Å². The van der Waals surface area contributed by atoms with Crippen molar-refractivity contribution in [1.82, 2.24) is 0 Å². The smallest absolute Gasteiger partial charge is 0.0431 e. The summed E-state index contributed by atoms with van der Waals surface area (Å²) in [5.74, 6) is 0.837. The molecule has 3 fully saturated rings. The molecule has 1 saturated carbocycles. The highest BCUT2D eigenvalue weighted by molar-refractivity contribution is 5.67. The van der Waals surface area contributed by atoms with Crippen molar-refractivity contribution in [1.29, 1.82) is 0 Å². The summed E-state index contributed by atoms with van der Waals surface area (Å²) in [4.78, 5) is 4.96. The fraction of sp³-hybridized carbons (Fsp3) is 0.700. The summed E-state index contributed by atoms with van der Waals surface area (Å²) in [6.07, 6.45) is 4.05. The van der Waals surface area contributed by atoms with E-state index in [4.69, 9.17) is 0 Å². The van der Waals surface area contributed by atoms with E-state index in [2.05, 4.69) is 70.6 Å². The second-order valence-electron chi connectivity index (χ2n) is 8.66.